The first kappa shape index (κ1) is 16.8. The number of amides is 1. The van der Waals surface area contributed by atoms with Crippen molar-refractivity contribution < 1.29 is 18.0 Å². The molecule has 0 saturated heterocycles. The monoisotopic (exact) mass is 342 g/mol. The molecular weight excluding hydrogens is 326 g/mol. The Morgan fingerprint density at radius 2 is 1.76 bits per heavy atom. The Morgan fingerprint density at radius 1 is 1.08 bits per heavy atom. The van der Waals surface area contributed by atoms with Gasteiger partial charge in [-0.2, -0.15) is 0 Å². The molecule has 0 aliphatic carbocycles. The van der Waals surface area contributed by atoms with E-state index in [-0.39, 0.29) is 6.42 Å². The molecule has 25 heavy (non-hydrogen) atoms. The van der Waals surface area contributed by atoms with Gasteiger partial charge in [-0.25, -0.2) is 13.8 Å². The van der Waals surface area contributed by atoms with Gasteiger partial charge in [-0.3, -0.25) is 4.79 Å². The van der Waals surface area contributed by atoms with Crippen molar-refractivity contribution in [1.82, 2.24) is 4.98 Å². The number of hydrogen-bond donors (Lipinski definition) is 1. The second kappa shape index (κ2) is 7.25. The molecule has 0 spiro atoms. The number of aryl methyl sites for hydroxylation is 2. The minimum absolute atomic E-state index is 0.0371. The molecule has 0 aliphatic heterocycles. The number of para-hydroxylation sites is 1. The first-order valence-corrected chi connectivity index (χ1v) is 7.80. The lowest BCUT2D eigenvalue weighted by Crippen LogP contribution is -2.15. The summed E-state index contributed by atoms with van der Waals surface area (Å²) in [6.45, 7) is 1.77. The molecule has 1 N–H and O–H groups in total. The summed E-state index contributed by atoms with van der Waals surface area (Å²) in [5.74, 6) is -1.01. The van der Waals surface area contributed by atoms with Crippen LogP contribution in [0.5, 0.6) is 0 Å². The van der Waals surface area contributed by atoms with Crippen molar-refractivity contribution in [1.29, 1.82) is 0 Å². The molecule has 3 aromatic rings. The lowest BCUT2D eigenvalue weighted by atomic mass is 10.2. The topological polar surface area (TPSA) is 55.1 Å². The van der Waals surface area contributed by atoms with E-state index in [1.165, 1.54) is 6.07 Å². The van der Waals surface area contributed by atoms with Gasteiger partial charge in [0.05, 0.1) is 5.69 Å². The highest BCUT2D eigenvalue weighted by Crippen LogP contribution is 2.23. The summed E-state index contributed by atoms with van der Waals surface area (Å²) in [5.41, 5.74) is 1.05. The maximum absolute atomic E-state index is 13.5. The SMILES string of the molecule is Cc1oc(-c2ccccc2)nc1CCC(=O)Nc1c(F)cccc1F. The van der Waals surface area contributed by atoms with Gasteiger partial charge in [0, 0.05) is 18.4 Å². The average molecular weight is 342 g/mol. The van der Waals surface area contributed by atoms with Gasteiger partial charge in [0.1, 0.15) is 23.1 Å². The number of nitrogens with zero attached hydrogens (tertiary/aromatic N) is 1. The molecule has 2 aromatic carbocycles. The van der Waals surface area contributed by atoms with Crippen LogP contribution in [0.15, 0.2) is 52.9 Å². The molecule has 1 amide bonds. The number of carbonyl (C=O) groups excluding carboxylic acids is 1. The molecular formula is C19H16F2N2O2. The molecule has 1 aromatic heterocycles. The summed E-state index contributed by atoms with van der Waals surface area (Å²) in [7, 11) is 0. The fraction of sp³-hybridized carbons (Fsp3) is 0.158. The third kappa shape index (κ3) is 3.91. The highest BCUT2D eigenvalue weighted by molar-refractivity contribution is 5.91. The smallest absolute Gasteiger partial charge is 0.226 e. The van der Waals surface area contributed by atoms with Gasteiger partial charge in [0.2, 0.25) is 11.8 Å². The van der Waals surface area contributed by atoms with Crippen LogP contribution in [0.1, 0.15) is 17.9 Å². The van der Waals surface area contributed by atoms with Gasteiger partial charge < -0.3 is 9.73 Å². The van der Waals surface area contributed by atoms with Crippen molar-refractivity contribution in [3.05, 3.63) is 71.6 Å². The van der Waals surface area contributed by atoms with Crippen molar-refractivity contribution in [2.24, 2.45) is 0 Å². The largest absolute Gasteiger partial charge is 0.441 e. The summed E-state index contributed by atoms with van der Waals surface area (Å²) in [5, 5.41) is 2.26. The van der Waals surface area contributed by atoms with Crippen LogP contribution in [0.4, 0.5) is 14.5 Å². The molecule has 4 nitrogen and oxygen atoms in total. The Labute approximate surface area is 143 Å². The number of anilines is 1. The van der Waals surface area contributed by atoms with E-state index in [1.54, 1.807) is 6.92 Å². The van der Waals surface area contributed by atoms with Crippen molar-refractivity contribution in [3.63, 3.8) is 0 Å². The molecule has 0 saturated carbocycles. The number of carbonyl (C=O) groups is 1. The van der Waals surface area contributed by atoms with Crippen molar-refractivity contribution >= 4 is 11.6 Å². The third-order valence-electron chi connectivity index (χ3n) is 3.73. The molecule has 0 bridgehead atoms. The predicted molar refractivity (Wildman–Crippen MR) is 90.0 cm³/mol. The van der Waals surface area contributed by atoms with E-state index in [0.29, 0.717) is 23.8 Å². The van der Waals surface area contributed by atoms with Crippen molar-refractivity contribution in [2.75, 3.05) is 5.32 Å². The molecule has 0 unspecified atom stereocenters. The number of hydrogen-bond acceptors (Lipinski definition) is 3. The fourth-order valence-corrected chi connectivity index (χ4v) is 2.42. The first-order valence-electron chi connectivity index (χ1n) is 7.80. The number of benzene rings is 2. The second-order valence-electron chi connectivity index (χ2n) is 5.53. The molecule has 3 rings (SSSR count). The zero-order chi connectivity index (χ0) is 17.8. The van der Waals surface area contributed by atoms with Gasteiger partial charge in [-0.1, -0.05) is 24.3 Å². The molecule has 0 fully saturated rings. The van der Waals surface area contributed by atoms with E-state index < -0.39 is 23.2 Å². The van der Waals surface area contributed by atoms with E-state index >= 15 is 0 Å². The molecule has 6 heteroatoms. The predicted octanol–water partition coefficient (Wildman–Crippen LogP) is 4.50. The number of aromatic nitrogens is 1. The van der Waals surface area contributed by atoms with Crippen LogP contribution in [0, 0.1) is 18.6 Å². The van der Waals surface area contributed by atoms with E-state index in [4.69, 9.17) is 4.42 Å². The van der Waals surface area contributed by atoms with E-state index in [9.17, 15) is 13.6 Å². The van der Waals surface area contributed by atoms with E-state index in [0.717, 1.165) is 17.7 Å². The fourth-order valence-electron chi connectivity index (χ4n) is 2.42. The summed E-state index contributed by atoms with van der Waals surface area (Å²) >= 11 is 0. The zero-order valence-corrected chi connectivity index (χ0v) is 13.6. The second-order valence-corrected chi connectivity index (χ2v) is 5.53. The Kier molecular flexibility index (Phi) is 4.88. The normalized spacial score (nSPS) is 10.7. The van der Waals surface area contributed by atoms with Crippen molar-refractivity contribution in [2.45, 2.75) is 19.8 Å². The number of nitrogens with one attached hydrogen (secondary N) is 1. The van der Waals surface area contributed by atoms with Crippen LogP contribution in [0.2, 0.25) is 0 Å². The molecule has 1 heterocycles. The maximum atomic E-state index is 13.5. The Morgan fingerprint density at radius 3 is 2.44 bits per heavy atom. The third-order valence-corrected chi connectivity index (χ3v) is 3.73. The van der Waals surface area contributed by atoms with Crippen LogP contribution in [-0.2, 0) is 11.2 Å². The van der Waals surface area contributed by atoms with Crippen LogP contribution < -0.4 is 5.32 Å². The van der Waals surface area contributed by atoms with E-state index in [1.807, 2.05) is 30.3 Å². The maximum Gasteiger partial charge on any atom is 0.226 e. The molecule has 0 aliphatic rings. The average Bonchev–Trinajstić information content (AvgIpc) is 2.98. The molecule has 0 radical (unpaired) electrons. The standard InChI is InChI=1S/C19H16F2N2O2/c1-12-16(22-19(25-12)13-6-3-2-4-7-13)10-11-17(24)23-18-14(20)8-5-9-15(18)21/h2-9H,10-11H2,1H3,(H,23,24). The van der Waals surface area contributed by atoms with E-state index in [2.05, 4.69) is 10.3 Å². The minimum Gasteiger partial charge on any atom is -0.441 e. The zero-order valence-electron chi connectivity index (χ0n) is 13.6. The van der Waals surface area contributed by atoms with Crippen LogP contribution in [0.25, 0.3) is 11.5 Å². The minimum atomic E-state index is -0.808. The number of halogens is 2. The van der Waals surface area contributed by atoms with Crippen LogP contribution in [0.3, 0.4) is 0 Å². The summed E-state index contributed by atoms with van der Waals surface area (Å²) in [6, 6.07) is 12.8. The Balaban J connectivity index is 1.66. The number of rotatable bonds is 5. The van der Waals surface area contributed by atoms with Crippen LogP contribution >= 0.6 is 0 Å². The quantitative estimate of drug-likeness (QED) is 0.743. The Hall–Kier alpha value is -3.02. The Bertz CT molecular complexity index is 871. The first-order chi connectivity index (χ1) is 12.0. The number of oxazole rings is 1. The highest BCUT2D eigenvalue weighted by Gasteiger charge is 2.15. The lowest BCUT2D eigenvalue weighted by Gasteiger charge is -2.06. The van der Waals surface area contributed by atoms with Crippen molar-refractivity contribution in [3.8, 4) is 11.5 Å². The summed E-state index contributed by atoms with van der Waals surface area (Å²) in [4.78, 5) is 16.4. The van der Waals surface area contributed by atoms with Gasteiger partial charge >= 0.3 is 0 Å². The van der Waals surface area contributed by atoms with Crippen LogP contribution in [-0.4, -0.2) is 10.9 Å². The summed E-state index contributed by atoms with van der Waals surface area (Å²) < 4.78 is 32.7. The highest BCUT2D eigenvalue weighted by atomic mass is 19.1. The van der Waals surface area contributed by atoms with Gasteiger partial charge in [0.25, 0.3) is 0 Å². The van der Waals surface area contributed by atoms with Gasteiger partial charge in [-0.05, 0) is 31.2 Å². The summed E-state index contributed by atoms with van der Waals surface area (Å²) in [6.07, 6.45) is 0.347. The molecule has 128 valence electrons. The lowest BCUT2D eigenvalue weighted by molar-refractivity contribution is -0.116. The molecule has 0 atom stereocenters. The van der Waals surface area contributed by atoms with Gasteiger partial charge in [-0.15, -0.1) is 0 Å². The van der Waals surface area contributed by atoms with Gasteiger partial charge in [0.15, 0.2) is 0 Å².